The maximum atomic E-state index is 13.7. The highest BCUT2D eigenvalue weighted by atomic mass is 32.2. The van der Waals surface area contributed by atoms with Gasteiger partial charge in [0, 0.05) is 31.6 Å². The monoisotopic (exact) mass is 460 g/mol. The molecule has 0 bridgehead atoms. The van der Waals surface area contributed by atoms with E-state index in [0.717, 1.165) is 16.7 Å². The summed E-state index contributed by atoms with van der Waals surface area (Å²) < 4.78 is 31.6. The van der Waals surface area contributed by atoms with Crippen LogP contribution < -0.4 is 0 Å². The van der Waals surface area contributed by atoms with Crippen molar-refractivity contribution in [3.05, 3.63) is 59.7 Å². The first-order valence-corrected chi connectivity index (χ1v) is 12.6. The lowest BCUT2D eigenvalue weighted by molar-refractivity contribution is -0.0145. The number of sulfonamides is 1. The molecule has 0 aliphatic carbocycles. The zero-order valence-corrected chi connectivity index (χ0v) is 19.9. The van der Waals surface area contributed by atoms with Gasteiger partial charge in [0.2, 0.25) is 10.0 Å². The zero-order chi connectivity index (χ0) is 23.5. The van der Waals surface area contributed by atoms with Gasteiger partial charge in [-0.3, -0.25) is 4.79 Å². The van der Waals surface area contributed by atoms with E-state index < -0.39 is 22.2 Å². The first-order valence-electron chi connectivity index (χ1n) is 10.8. The van der Waals surface area contributed by atoms with Gasteiger partial charge < -0.3 is 14.7 Å². The normalized spacial score (nSPS) is 20.9. The van der Waals surface area contributed by atoms with Gasteiger partial charge in [-0.1, -0.05) is 49.4 Å². The van der Waals surface area contributed by atoms with Crippen molar-refractivity contribution in [1.29, 1.82) is 0 Å². The number of rotatable bonds is 5. The van der Waals surface area contributed by atoms with Crippen LogP contribution >= 0.6 is 0 Å². The molecule has 2 aromatic rings. The van der Waals surface area contributed by atoms with Crippen LogP contribution in [0.3, 0.4) is 0 Å². The quantitative estimate of drug-likeness (QED) is 0.741. The van der Waals surface area contributed by atoms with E-state index in [1.165, 1.54) is 17.6 Å². The molecule has 1 amide bonds. The minimum Gasteiger partial charge on any atom is -0.394 e. The second-order valence-corrected chi connectivity index (χ2v) is 10.7. The van der Waals surface area contributed by atoms with Crippen LogP contribution in [-0.4, -0.2) is 73.8 Å². The molecule has 2 aromatic carbocycles. The van der Waals surface area contributed by atoms with Gasteiger partial charge in [0.15, 0.2) is 0 Å². The molecule has 174 valence electrons. The number of likely N-dealkylation sites (N-methyl/N-ethyl adjacent to an activating group) is 1. The summed E-state index contributed by atoms with van der Waals surface area (Å²) in [7, 11) is -1.86. The van der Waals surface area contributed by atoms with Gasteiger partial charge in [0.1, 0.15) is 0 Å². The van der Waals surface area contributed by atoms with Crippen molar-refractivity contribution in [3.63, 3.8) is 0 Å². The third-order valence-electron chi connectivity index (χ3n) is 6.10. The van der Waals surface area contributed by atoms with Crippen LogP contribution in [0.15, 0.2) is 48.5 Å². The van der Waals surface area contributed by atoms with Crippen LogP contribution in [0.25, 0.3) is 11.1 Å². The Hall–Kier alpha value is -2.26. The number of aliphatic hydroxyl groups is 1. The number of hydrogen-bond acceptors (Lipinski definition) is 5. The molecule has 1 N–H and O–H groups in total. The number of ether oxygens (including phenoxy) is 1. The van der Waals surface area contributed by atoms with Crippen molar-refractivity contribution in [2.24, 2.45) is 5.92 Å². The minimum absolute atomic E-state index is 0.166. The minimum atomic E-state index is -3.39. The number of hydrogen-bond donors (Lipinski definition) is 1. The van der Waals surface area contributed by atoms with Gasteiger partial charge in [0.25, 0.3) is 5.91 Å². The lowest BCUT2D eigenvalue weighted by Crippen LogP contribution is -2.47. The summed E-state index contributed by atoms with van der Waals surface area (Å²) in [6.07, 6.45) is 0.726. The van der Waals surface area contributed by atoms with Gasteiger partial charge in [-0.05, 0) is 29.7 Å². The Kier molecular flexibility index (Phi) is 7.71. The van der Waals surface area contributed by atoms with Gasteiger partial charge >= 0.3 is 0 Å². The predicted molar refractivity (Wildman–Crippen MR) is 125 cm³/mol. The molecule has 1 heterocycles. The van der Waals surface area contributed by atoms with Crippen LogP contribution in [0.5, 0.6) is 0 Å². The smallest absolute Gasteiger partial charge is 0.254 e. The predicted octanol–water partition coefficient (Wildman–Crippen LogP) is 2.60. The summed E-state index contributed by atoms with van der Waals surface area (Å²) >= 11 is 0. The second-order valence-electron chi connectivity index (χ2n) is 8.56. The molecule has 0 saturated carbocycles. The lowest BCUT2D eigenvalue weighted by Gasteiger charge is -2.34. The third kappa shape index (κ3) is 5.38. The highest BCUT2D eigenvalue weighted by Gasteiger charge is 2.31. The molecule has 0 spiro atoms. The number of aliphatic hydroxyl groups excluding tert-OH is 1. The van der Waals surface area contributed by atoms with Crippen molar-refractivity contribution in [3.8, 4) is 11.1 Å². The van der Waals surface area contributed by atoms with Crippen LogP contribution in [0, 0.1) is 5.92 Å². The van der Waals surface area contributed by atoms with Crippen molar-refractivity contribution in [1.82, 2.24) is 9.21 Å². The van der Waals surface area contributed by atoms with E-state index >= 15 is 0 Å². The Morgan fingerprint density at radius 1 is 1.12 bits per heavy atom. The summed E-state index contributed by atoms with van der Waals surface area (Å²) in [5.41, 5.74) is 3.21. The molecular formula is C24H32N2O5S. The number of carbonyl (C=O) groups is 1. The highest BCUT2D eigenvalue weighted by Crippen LogP contribution is 2.31. The Morgan fingerprint density at radius 3 is 2.34 bits per heavy atom. The van der Waals surface area contributed by atoms with Crippen LogP contribution in [0.1, 0.15) is 29.8 Å². The van der Waals surface area contributed by atoms with E-state index in [1.807, 2.05) is 55.5 Å². The maximum Gasteiger partial charge on any atom is 0.254 e. The topological polar surface area (TPSA) is 87.2 Å². The Balaban J connectivity index is 2.11. The third-order valence-corrected chi connectivity index (χ3v) is 7.38. The average molecular weight is 461 g/mol. The first kappa shape index (κ1) is 24.4. The van der Waals surface area contributed by atoms with Crippen molar-refractivity contribution in [2.45, 2.75) is 32.6 Å². The van der Waals surface area contributed by atoms with Gasteiger partial charge in [-0.15, -0.1) is 0 Å². The summed E-state index contributed by atoms with van der Waals surface area (Å²) in [5.74, 6) is -0.338. The second kappa shape index (κ2) is 10.1. The summed E-state index contributed by atoms with van der Waals surface area (Å²) in [5, 5.41) is 9.85. The number of carbonyl (C=O) groups excluding carboxylic acids is 1. The largest absolute Gasteiger partial charge is 0.394 e. The molecule has 7 nitrogen and oxygen atoms in total. The molecule has 0 unspecified atom stereocenters. The molecule has 32 heavy (non-hydrogen) atoms. The molecule has 0 saturated heterocycles. The average Bonchev–Trinajstić information content (AvgIpc) is 2.79. The highest BCUT2D eigenvalue weighted by molar-refractivity contribution is 7.88. The van der Waals surface area contributed by atoms with E-state index in [-0.39, 0.29) is 25.0 Å². The number of nitrogens with zero attached hydrogens (tertiary/aromatic N) is 2. The number of amides is 1. The molecule has 1 aliphatic heterocycles. The Labute approximate surface area is 190 Å². The van der Waals surface area contributed by atoms with Crippen LogP contribution in [0.4, 0.5) is 0 Å². The molecule has 1 aliphatic rings. The summed E-state index contributed by atoms with van der Waals surface area (Å²) in [6, 6.07) is 14.8. The number of fused-ring (bicyclic) bond motifs is 3. The van der Waals surface area contributed by atoms with Crippen molar-refractivity contribution in [2.75, 3.05) is 33.0 Å². The van der Waals surface area contributed by atoms with Crippen molar-refractivity contribution >= 4 is 15.9 Å². The van der Waals surface area contributed by atoms with Crippen LogP contribution in [0.2, 0.25) is 0 Å². The lowest BCUT2D eigenvalue weighted by atomic mass is 9.94. The van der Waals surface area contributed by atoms with E-state index in [0.29, 0.717) is 18.7 Å². The van der Waals surface area contributed by atoms with E-state index in [9.17, 15) is 18.3 Å². The molecule has 0 aromatic heterocycles. The first-order chi connectivity index (χ1) is 15.1. The summed E-state index contributed by atoms with van der Waals surface area (Å²) in [4.78, 5) is 15.3. The molecule has 3 atom stereocenters. The van der Waals surface area contributed by atoms with Gasteiger partial charge in [-0.2, -0.15) is 0 Å². The molecule has 3 rings (SSSR count). The Bertz CT molecular complexity index is 1060. The summed E-state index contributed by atoms with van der Waals surface area (Å²) in [6.45, 7) is 4.37. The SMILES string of the molecule is C[C@@H]1CN([C@H](C)CO)C(=O)c2ccccc2-c2ccccc2CO[C@@H]1CN(C)S(C)(=O)=O. The standard InChI is InChI=1S/C24H32N2O5S/c1-17-13-26(18(2)15-27)24(28)22-12-8-7-11-21(22)20-10-6-5-9-19(20)16-31-23(17)14-25(3)32(4,29)30/h5-12,17-18,23,27H,13-16H2,1-4H3/t17-,18-,23-/m1/s1. The van der Waals surface area contributed by atoms with E-state index in [2.05, 4.69) is 0 Å². The molecule has 8 heteroatoms. The van der Waals surface area contributed by atoms with Gasteiger partial charge in [0.05, 0.1) is 31.6 Å². The molecule has 0 radical (unpaired) electrons. The van der Waals surface area contributed by atoms with E-state index in [1.54, 1.807) is 11.8 Å². The van der Waals surface area contributed by atoms with Crippen molar-refractivity contribution < 1.29 is 23.1 Å². The zero-order valence-electron chi connectivity index (χ0n) is 19.1. The van der Waals surface area contributed by atoms with Gasteiger partial charge in [-0.25, -0.2) is 12.7 Å². The molecule has 0 fully saturated rings. The Morgan fingerprint density at radius 2 is 1.72 bits per heavy atom. The molecular weight excluding hydrogens is 428 g/mol. The maximum absolute atomic E-state index is 13.7. The fraction of sp³-hybridized carbons (Fsp3) is 0.458. The van der Waals surface area contributed by atoms with E-state index in [4.69, 9.17) is 4.74 Å². The fourth-order valence-corrected chi connectivity index (χ4v) is 4.36. The van der Waals surface area contributed by atoms with Crippen LogP contribution in [-0.2, 0) is 21.4 Å². The fourth-order valence-electron chi connectivity index (χ4n) is 3.94. The number of benzene rings is 2.